The molecule has 0 aromatic heterocycles. The first kappa shape index (κ1) is 12.8. The van der Waals surface area contributed by atoms with Gasteiger partial charge in [0.15, 0.2) is 0 Å². The zero-order chi connectivity index (χ0) is 12.2. The van der Waals surface area contributed by atoms with Crippen LogP contribution in [-0.2, 0) is 10.1 Å². The van der Waals surface area contributed by atoms with Gasteiger partial charge >= 0.3 is 10.1 Å². The molecule has 1 rings (SSSR count). The summed E-state index contributed by atoms with van der Waals surface area (Å²) in [6.45, 7) is 1.61. The van der Waals surface area contributed by atoms with Gasteiger partial charge in [0.25, 0.3) is 0 Å². The molecule has 0 radical (unpaired) electrons. The Morgan fingerprint density at radius 2 is 1.75 bits per heavy atom. The van der Waals surface area contributed by atoms with Crippen LogP contribution >= 0.6 is 0 Å². The van der Waals surface area contributed by atoms with Crippen LogP contribution < -0.4 is 9.47 Å². The summed E-state index contributed by atoms with van der Waals surface area (Å²) in [4.78, 5) is 0. The number of hydrogen-bond acceptors (Lipinski definition) is 4. The fourth-order valence-electron chi connectivity index (χ4n) is 1.16. The molecular weight excluding hydrogens is 232 g/mol. The summed E-state index contributed by atoms with van der Waals surface area (Å²) < 4.78 is 40.7. The Balaban J connectivity index is 2.79. The Labute approximate surface area is 94.7 Å². The highest BCUT2D eigenvalue weighted by atomic mass is 32.2. The first-order valence-corrected chi connectivity index (χ1v) is 6.24. The largest absolute Gasteiger partial charge is 0.497 e. The van der Waals surface area contributed by atoms with Gasteiger partial charge in [0, 0.05) is 0 Å². The van der Waals surface area contributed by atoms with Crippen molar-refractivity contribution in [3.05, 3.63) is 24.3 Å². The lowest BCUT2D eigenvalue weighted by Crippen LogP contribution is -2.25. The number of benzene rings is 1. The molecule has 5 nitrogen and oxygen atoms in total. The van der Waals surface area contributed by atoms with Crippen LogP contribution in [0.1, 0.15) is 13.3 Å². The van der Waals surface area contributed by atoms with E-state index in [-0.39, 0.29) is 6.42 Å². The van der Waals surface area contributed by atoms with Crippen LogP contribution in [0.15, 0.2) is 24.3 Å². The summed E-state index contributed by atoms with van der Waals surface area (Å²) in [7, 11) is -2.65. The molecule has 0 aliphatic heterocycles. The monoisotopic (exact) mass is 246 g/mol. The van der Waals surface area contributed by atoms with E-state index >= 15 is 0 Å². The van der Waals surface area contributed by atoms with Crippen molar-refractivity contribution in [2.45, 2.75) is 18.8 Å². The van der Waals surface area contributed by atoms with Gasteiger partial charge in [-0.25, -0.2) is 0 Å². The van der Waals surface area contributed by atoms with E-state index in [0.29, 0.717) is 11.5 Å². The van der Waals surface area contributed by atoms with Gasteiger partial charge in [-0.3, -0.25) is 4.55 Å². The topological polar surface area (TPSA) is 72.8 Å². The molecule has 1 atom stereocenters. The maximum Gasteiger partial charge on any atom is 0.303 e. The predicted molar refractivity (Wildman–Crippen MR) is 59.2 cm³/mol. The third-order valence-corrected chi connectivity index (χ3v) is 3.09. The SMILES string of the molecule is CCC(Oc1ccc(OC)cc1)S(=O)(=O)O. The molecule has 0 bridgehead atoms. The summed E-state index contributed by atoms with van der Waals surface area (Å²) in [5, 5.41) is 0. The van der Waals surface area contributed by atoms with Crippen molar-refractivity contribution < 1.29 is 22.4 Å². The van der Waals surface area contributed by atoms with Crippen LogP contribution in [0, 0.1) is 0 Å². The van der Waals surface area contributed by atoms with Crippen LogP contribution in [0.2, 0.25) is 0 Å². The van der Waals surface area contributed by atoms with Crippen molar-refractivity contribution in [2.75, 3.05) is 7.11 Å². The smallest absolute Gasteiger partial charge is 0.303 e. The molecule has 0 amide bonds. The highest BCUT2D eigenvalue weighted by Crippen LogP contribution is 2.20. The highest BCUT2D eigenvalue weighted by Gasteiger charge is 2.22. The van der Waals surface area contributed by atoms with Crippen molar-refractivity contribution in [3.8, 4) is 11.5 Å². The molecule has 90 valence electrons. The fourth-order valence-corrected chi connectivity index (χ4v) is 1.81. The van der Waals surface area contributed by atoms with Gasteiger partial charge in [-0.05, 0) is 30.7 Å². The molecule has 1 aromatic rings. The van der Waals surface area contributed by atoms with Crippen molar-refractivity contribution in [2.24, 2.45) is 0 Å². The molecule has 16 heavy (non-hydrogen) atoms. The second-order valence-electron chi connectivity index (χ2n) is 3.15. The van der Waals surface area contributed by atoms with Gasteiger partial charge in [0.05, 0.1) is 7.11 Å². The second kappa shape index (κ2) is 5.18. The molecular formula is C10H14O5S. The Kier molecular flexibility index (Phi) is 4.14. The molecule has 0 saturated carbocycles. The zero-order valence-electron chi connectivity index (χ0n) is 9.08. The average molecular weight is 246 g/mol. The Hall–Kier alpha value is -1.27. The van der Waals surface area contributed by atoms with Crippen molar-refractivity contribution in [3.63, 3.8) is 0 Å². The van der Waals surface area contributed by atoms with Crippen LogP contribution in [-0.4, -0.2) is 25.5 Å². The van der Waals surface area contributed by atoms with Gasteiger partial charge in [-0.1, -0.05) is 6.92 Å². The van der Waals surface area contributed by atoms with E-state index in [1.54, 1.807) is 31.2 Å². The molecule has 6 heteroatoms. The lowest BCUT2D eigenvalue weighted by atomic mass is 10.3. The summed E-state index contributed by atoms with van der Waals surface area (Å²) in [5.41, 5.74) is -1.24. The van der Waals surface area contributed by atoms with Crippen molar-refractivity contribution in [1.82, 2.24) is 0 Å². The van der Waals surface area contributed by atoms with E-state index in [4.69, 9.17) is 14.0 Å². The molecule has 0 spiro atoms. The quantitative estimate of drug-likeness (QED) is 0.800. The van der Waals surface area contributed by atoms with Gasteiger partial charge in [-0.15, -0.1) is 0 Å². The molecule has 0 heterocycles. The first-order chi connectivity index (χ1) is 7.47. The third-order valence-electron chi connectivity index (χ3n) is 1.99. The number of hydrogen-bond donors (Lipinski definition) is 1. The third kappa shape index (κ3) is 3.39. The van der Waals surface area contributed by atoms with E-state index in [1.165, 1.54) is 7.11 Å². The number of rotatable bonds is 5. The maximum atomic E-state index is 10.9. The minimum Gasteiger partial charge on any atom is -0.497 e. The molecule has 0 aliphatic rings. The number of methoxy groups -OCH3 is 1. The van der Waals surface area contributed by atoms with Gasteiger partial charge in [0.2, 0.25) is 5.44 Å². The van der Waals surface area contributed by atoms with Gasteiger partial charge in [-0.2, -0.15) is 8.42 Å². The predicted octanol–water partition coefficient (Wildman–Crippen LogP) is 1.70. The molecule has 0 fully saturated rings. The normalized spacial score (nSPS) is 13.2. The maximum absolute atomic E-state index is 10.9. The lowest BCUT2D eigenvalue weighted by Gasteiger charge is -2.14. The minimum absolute atomic E-state index is 0.171. The highest BCUT2D eigenvalue weighted by molar-refractivity contribution is 7.86. The molecule has 0 saturated heterocycles. The van der Waals surface area contributed by atoms with Crippen LogP contribution in [0.25, 0.3) is 0 Å². The van der Waals surface area contributed by atoms with Crippen LogP contribution in [0.4, 0.5) is 0 Å². The van der Waals surface area contributed by atoms with E-state index in [1.807, 2.05) is 0 Å². The van der Waals surface area contributed by atoms with Crippen LogP contribution in [0.3, 0.4) is 0 Å². The average Bonchev–Trinajstić information content (AvgIpc) is 2.25. The summed E-state index contributed by atoms with van der Waals surface area (Å²) >= 11 is 0. The first-order valence-electron chi connectivity index (χ1n) is 4.74. The molecule has 0 aliphatic carbocycles. The van der Waals surface area contributed by atoms with E-state index < -0.39 is 15.6 Å². The standard InChI is InChI=1S/C10H14O5S/c1-3-10(16(11,12)13)15-9-6-4-8(14-2)5-7-9/h4-7,10H,3H2,1-2H3,(H,11,12,13). The van der Waals surface area contributed by atoms with Crippen molar-refractivity contribution >= 4 is 10.1 Å². The Morgan fingerprint density at radius 1 is 1.25 bits per heavy atom. The van der Waals surface area contributed by atoms with E-state index in [9.17, 15) is 8.42 Å². The second-order valence-corrected chi connectivity index (χ2v) is 4.70. The molecule has 1 unspecified atom stereocenters. The molecule has 1 N–H and O–H groups in total. The summed E-state index contributed by atoms with van der Waals surface area (Å²) in [6, 6.07) is 6.44. The minimum atomic E-state index is -4.18. The van der Waals surface area contributed by atoms with Crippen LogP contribution in [0.5, 0.6) is 11.5 Å². The fraction of sp³-hybridized carbons (Fsp3) is 0.400. The van der Waals surface area contributed by atoms with Gasteiger partial charge < -0.3 is 9.47 Å². The van der Waals surface area contributed by atoms with E-state index in [0.717, 1.165) is 0 Å². The Bertz CT molecular complexity index is 423. The summed E-state index contributed by atoms with van der Waals surface area (Å²) in [5.74, 6) is 1.01. The number of ether oxygens (including phenoxy) is 2. The molecule has 1 aromatic carbocycles. The Morgan fingerprint density at radius 3 is 2.12 bits per heavy atom. The summed E-state index contributed by atoms with van der Waals surface area (Å²) in [6.07, 6.45) is 0.171. The van der Waals surface area contributed by atoms with E-state index in [2.05, 4.69) is 0 Å². The van der Waals surface area contributed by atoms with Crippen molar-refractivity contribution in [1.29, 1.82) is 0 Å². The lowest BCUT2D eigenvalue weighted by molar-refractivity contribution is 0.252. The van der Waals surface area contributed by atoms with Gasteiger partial charge in [0.1, 0.15) is 11.5 Å². The zero-order valence-corrected chi connectivity index (χ0v) is 9.90.